The van der Waals surface area contributed by atoms with Crippen LogP contribution in [-0.4, -0.2) is 13.1 Å². The zero-order valence-electron chi connectivity index (χ0n) is 9.69. The number of nitrogens with one attached hydrogen (secondary N) is 1. The van der Waals surface area contributed by atoms with E-state index in [1.54, 1.807) is 6.07 Å². The predicted octanol–water partition coefficient (Wildman–Crippen LogP) is 3.99. The first-order chi connectivity index (χ1) is 7.63. The van der Waals surface area contributed by atoms with Crippen LogP contribution in [0.25, 0.3) is 6.08 Å². The second-order valence-corrected chi connectivity index (χ2v) is 4.70. The number of benzene rings is 1. The van der Waals surface area contributed by atoms with Gasteiger partial charge >= 0.3 is 0 Å². The molecule has 0 aliphatic carbocycles. The van der Waals surface area contributed by atoms with E-state index in [2.05, 4.69) is 28.2 Å². The van der Waals surface area contributed by atoms with Crippen LogP contribution in [0.15, 0.2) is 28.2 Å². The molecule has 1 aromatic carbocycles. The SMILES string of the molecule is CCCNC/C(C)=C/c1ccc(Br)c(F)c1. The van der Waals surface area contributed by atoms with Crippen molar-refractivity contribution in [2.24, 2.45) is 0 Å². The predicted molar refractivity (Wildman–Crippen MR) is 70.9 cm³/mol. The highest BCUT2D eigenvalue weighted by molar-refractivity contribution is 9.10. The summed E-state index contributed by atoms with van der Waals surface area (Å²) >= 11 is 3.14. The van der Waals surface area contributed by atoms with Crippen molar-refractivity contribution in [2.75, 3.05) is 13.1 Å². The van der Waals surface area contributed by atoms with Crippen molar-refractivity contribution in [3.05, 3.63) is 39.6 Å². The molecule has 0 bridgehead atoms. The molecule has 0 atom stereocenters. The van der Waals surface area contributed by atoms with E-state index in [9.17, 15) is 4.39 Å². The minimum absolute atomic E-state index is 0.219. The maximum atomic E-state index is 13.2. The van der Waals surface area contributed by atoms with Crippen molar-refractivity contribution < 1.29 is 4.39 Å². The molecule has 0 aliphatic rings. The Hall–Kier alpha value is -0.670. The molecule has 0 amide bonds. The van der Waals surface area contributed by atoms with Gasteiger partial charge < -0.3 is 5.32 Å². The second-order valence-electron chi connectivity index (χ2n) is 3.84. The molecule has 16 heavy (non-hydrogen) atoms. The van der Waals surface area contributed by atoms with E-state index in [4.69, 9.17) is 0 Å². The standard InChI is InChI=1S/C13H17BrFN/c1-3-6-16-9-10(2)7-11-4-5-12(14)13(15)8-11/h4-5,7-8,16H,3,6,9H2,1-2H3/b10-7+. The van der Waals surface area contributed by atoms with Crippen molar-refractivity contribution >= 4 is 22.0 Å². The van der Waals surface area contributed by atoms with Crippen molar-refractivity contribution in [2.45, 2.75) is 20.3 Å². The molecule has 1 N–H and O–H groups in total. The summed E-state index contributed by atoms with van der Waals surface area (Å²) < 4.78 is 13.8. The normalized spacial score (nSPS) is 11.9. The van der Waals surface area contributed by atoms with Gasteiger partial charge in [-0.1, -0.05) is 24.6 Å². The molecular formula is C13H17BrFN. The van der Waals surface area contributed by atoms with Gasteiger partial charge in [0.1, 0.15) is 5.82 Å². The van der Waals surface area contributed by atoms with Crippen molar-refractivity contribution in [3.8, 4) is 0 Å². The smallest absolute Gasteiger partial charge is 0.137 e. The Morgan fingerprint density at radius 2 is 2.25 bits per heavy atom. The van der Waals surface area contributed by atoms with Crippen LogP contribution in [0.5, 0.6) is 0 Å². The van der Waals surface area contributed by atoms with E-state index < -0.39 is 0 Å². The number of halogens is 2. The zero-order chi connectivity index (χ0) is 12.0. The summed E-state index contributed by atoms with van der Waals surface area (Å²) in [5.41, 5.74) is 2.10. The summed E-state index contributed by atoms with van der Waals surface area (Å²) in [6.07, 6.45) is 3.12. The van der Waals surface area contributed by atoms with Gasteiger partial charge in [0.25, 0.3) is 0 Å². The van der Waals surface area contributed by atoms with Crippen LogP contribution in [0.4, 0.5) is 4.39 Å². The quantitative estimate of drug-likeness (QED) is 0.807. The average molecular weight is 286 g/mol. The Labute approximate surface area is 105 Å². The van der Waals surface area contributed by atoms with E-state index >= 15 is 0 Å². The molecular weight excluding hydrogens is 269 g/mol. The van der Waals surface area contributed by atoms with E-state index in [1.807, 2.05) is 19.1 Å². The summed E-state index contributed by atoms with van der Waals surface area (Å²) in [5.74, 6) is -0.219. The maximum Gasteiger partial charge on any atom is 0.137 e. The van der Waals surface area contributed by atoms with E-state index in [0.717, 1.165) is 25.1 Å². The Morgan fingerprint density at radius 3 is 2.88 bits per heavy atom. The summed E-state index contributed by atoms with van der Waals surface area (Å²) in [4.78, 5) is 0. The fourth-order valence-corrected chi connectivity index (χ4v) is 1.65. The summed E-state index contributed by atoms with van der Waals surface area (Å²) in [6, 6.07) is 5.16. The fourth-order valence-electron chi connectivity index (χ4n) is 1.40. The number of rotatable bonds is 5. The van der Waals surface area contributed by atoms with Crippen molar-refractivity contribution in [1.82, 2.24) is 5.32 Å². The lowest BCUT2D eigenvalue weighted by Gasteiger charge is -2.04. The summed E-state index contributed by atoms with van der Waals surface area (Å²) in [7, 11) is 0. The third kappa shape index (κ3) is 4.45. The second kappa shape index (κ2) is 6.81. The molecule has 88 valence electrons. The van der Waals surface area contributed by atoms with Gasteiger partial charge in [-0.25, -0.2) is 4.39 Å². The maximum absolute atomic E-state index is 13.2. The van der Waals surface area contributed by atoms with Gasteiger partial charge in [-0.3, -0.25) is 0 Å². The van der Waals surface area contributed by atoms with Gasteiger partial charge in [0.15, 0.2) is 0 Å². The minimum atomic E-state index is -0.219. The third-order valence-electron chi connectivity index (χ3n) is 2.19. The van der Waals surface area contributed by atoms with Crippen LogP contribution in [0.1, 0.15) is 25.8 Å². The van der Waals surface area contributed by atoms with Gasteiger partial charge in [0.2, 0.25) is 0 Å². The van der Waals surface area contributed by atoms with Gasteiger partial charge in [0, 0.05) is 6.54 Å². The first-order valence-corrected chi connectivity index (χ1v) is 6.25. The highest BCUT2D eigenvalue weighted by Crippen LogP contribution is 2.17. The molecule has 0 spiro atoms. The largest absolute Gasteiger partial charge is 0.313 e. The van der Waals surface area contributed by atoms with Gasteiger partial charge in [0.05, 0.1) is 4.47 Å². The molecule has 0 saturated carbocycles. The summed E-state index contributed by atoms with van der Waals surface area (Å²) in [5, 5.41) is 3.31. The Bertz CT molecular complexity index is 374. The molecule has 3 heteroatoms. The van der Waals surface area contributed by atoms with Crippen LogP contribution in [0.2, 0.25) is 0 Å². The monoisotopic (exact) mass is 285 g/mol. The topological polar surface area (TPSA) is 12.0 Å². The van der Waals surface area contributed by atoms with E-state index in [-0.39, 0.29) is 5.82 Å². The van der Waals surface area contributed by atoms with Crippen LogP contribution in [0, 0.1) is 5.82 Å². The first kappa shape index (κ1) is 13.4. The van der Waals surface area contributed by atoms with E-state index in [1.165, 1.54) is 11.6 Å². The minimum Gasteiger partial charge on any atom is -0.313 e. The molecule has 0 saturated heterocycles. The van der Waals surface area contributed by atoms with Crippen LogP contribution in [-0.2, 0) is 0 Å². The molecule has 0 radical (unpaired) electrons. The first-order valence-electron chi connectivity index (χ1n) is 5.46. The summed E-state index contributed by atoms with van der Waals surface area (Å²) in [6.45, 7) is 6.05. The lowest BCUT2D eigenvalue weighted by molar-refractivity contribution is 0.621. The average Bonchev–Trinajstić information content (AvgIpc) is 2.24. The number of hydrogen-bond acceptors (Lipinski definition) is 1. The Morgan fingerprint density at radius 1 is 1.50 bits per heavy atom. The van der Waals surface area contributed by atoms with E-state index in [0.29, 0.717) is 4.47 Å². The molecule has 0 unspecified atom stereocenters. The lowest BCUT2D eigenvalue weighted by atomic mass is 10.1. The molecule has 0 heterocycles. The van der Waals surface area contributed by atoms with Gasteiger partial charge in [-0.05, 0) is 53.5 Å². The van der Waals surface area contributed by atoms with Gasteiger partial charge in [-0.15, -0.1) is 0 Å². The zero-order valence-corrected chi connectivity index (χ0v) is 11.3. The lowest BCUT2D eigenvalue weighted by Crippen LogP contribution is -2.16. The molecule has 1 aromatic rings. The number of hydrogen-bond donors (Lipinski definition) is 1. The highest BCUT2D eigenvalue weighted by Gasteiger charge is 1.99. The Kier molecular flexibility index (Phi) is 5.71. The molecule has 1 rings (SSSR count). The molecule has 0 aliphatic heterocycles. The third-order valence-corrected chi connectivity index (χ3v) is 2.83. The van der Waals surface area contributed by atoms with Crippen LogP contribution < -0.4 is 5.32 Å². The van der Waals surface area contributed by atoms with Crippen LogP contribution in [0.3, 0.4) is 0 Å². The van der Waals surface area contributed by atoms with Crippen molar-refractivity contribution in [1.29, 1.82) is 0 Å². The molecule has 0 fully saturated rings. The fraction of sp³-hybridized carbons (Fsp3) is 0.385. The molecule has 1 nitrogen and oxygen atoms in total. The highest BCUT2D eigenvalue weighted by atomic mass is 79.9. The van der Waals surface area contributed by atoms with Crippen molar-refractivity contribution in [3.63, 3.8) is 0 Å². The van der Waals surface area contributed by atoms with Gasteiger partial charge in [-0.2, -0.15) is 0 Å². The Balaban J connectivity index is 2.63. The van der Waals surface area contributed by atoms with Crippen LogP contribution >= 0.6 is 15.9 Å². The molecule has 0 aromatic heterocycles.